The summed E-state index contributed by atoms with van der Waals surface area (Å²) in [5.74, 6) is -0.504. The lowest BCUT2D eigenvalue weighted by Crippen LogP contribution is -2.01. The van der Waals surface area contributed by atoms with E-state index in [1.165, 1.54) is 12.1 Å². The molecule has 0 atom stereocenters. The van der Waals surface area contributed by atoms with Crippen LogP contribution in [0.25, 0.3) is 0 Å². The lowest BCUT2D eigenvalue weighted by Gasteiger charge is -2.10. The molecule has 0 amide bonds. The normalized spacial score (nSPS) is 10.2. The topological polar surface area (TPSA) is 46.5 Å². The zero-order valence-electron chi connectivity index (χ0n) is 9.91. The maximum Gasteiger partial charge on any atom is 0.303 e. The number of halogens is 1. The van der Waals surface area contributed by atoms with E-state index < -0.39 is 5.97 Å². The first-order valence-corrected chi connectivity index (χ1v) is 5.76. The highest BCUT2D eigenvalue weighted by Crippen LogP contribution is 2.22. The predicted molar refractivity (Wildman–Crippen MR) is 62.8 cm³/mol. The Bertz CT molecular complexity index is 377. The number of ether oxygens (including phenoxy) is 1. The quantitative estimate of drug-likeness (QED) is 0.796. The molecule has 0 aromatic heterocycles. The molecule has 0 spiro atoms. The van der Waals surface area contributed by atoms with Gasteiger partial charge in [-0.2, -0.15) is 0 Å². The third-order valence-corrected chi connectivity index (χ3v) is 2.32. The van der Waals surface area contributed by atoms with Gasteiger partial charge in [0.25, 0.3) is 0 Å². The fourth-order valence-electron chi connectivity index (χ4n) is 1.53. The average molecular weight is 240 g/mol. The van der Waals surface area contributed by atoms with Crippen LogP contribution in [0.15, 0.2) is 18.2 Å². The standard InChI is InChI=1S/C13H17FO3/c1-2-8-17-12-7-6-11(14)9-10(12)4-3-5-13(15)16/h6-7,9H,2-5,8H2,1H3,(H,15,16). The molecule has 0 heterocycles. The third-order valence-electron chi connectivity index (χ3n) is 2.32. The predicted octanol–water partition coefficient (Wildman–Crippen LogP) is 3.02. The number of hydrogen-bond acceptors (Lipinski definition) is 2. The van der Waals surface area contributed by atoms with Gasteiger partial charge in [0.1, 0.15) is 11.6 Å². The molecular weight excluding hydrogens is 223 g/mol. The zero-order valence-corrected chi connectivity index (χ0v) is 9.91. The number of carboxylic acid groups (broad SMARTS) is 1. The molecule has 0 unspecified atom stereocenters. The van der Waals surface area contributed by atoms with Crippen LogP contribution in [0.3, 0.4) is 0 Å². The number of carboxylic acids is 1. The van der Waals surface area contributed by atoms with E-state index in [0.29, 0.717) is 25.2 Å². The van der Waals surface area contributed by atoms with Crippen molar-refractivity contribution < 1.29 is 19.0 Å². The Balaban J connectivity index is 2.65. The summed E-state index contributed by atoms with van der Waals surface area (Å²) in [6, 6.07) is 4.36. The Kier molecular flexibility index (Phi) is 5.46. The van der Waals surface area contributed by atoms with Crippen molar-refractivity contribution in [3.63, 3.8) is 0 Å². The van der Waals surface area contributed by atoms with E-state index in [2.05, 4.69) is 0 Å². The van der Waals surface area contributed by atoms with Crippen LogP contribution >= 0.6 is 0 Å². The van der Waals surface area contributed by atoms with Crippen LogP contribution in [0.5, 0.6) is 5.75 Å². The Hall–Kier alpha value is -1.58. The minimum atomic E-state index is -0.836. The molecule has 1 aromatic rings. The summed E-state index contributed by atoms with van der Waals surface area (Å²) in [6.45, 7) is 2.57. The largest absolute Gasteiger partial charge is 0.493 e. The van der Waals surface area contributed by atoms with Crippen molar-refractivity contribution >= 4 is 5.97 Å². The first-order valence-electron chi connectivity index (χ1n) is 5.76. The smallest absolute Gasteiger partial charge is 0.303 e. The maximum atomic E-state index is 13.1. The van der Waals surface area contributed by atoms with Crippen LogP contribution in [0.2, 0.25) is 0 Å². The first kappa shape index (κ1) is 13.5. The van der Waals surface area contributed by atoms with Crippen molar-refractivity contribution in [1.82, 2.24) is 0 Å². The maximum absolute atomic E-state index is 13.1. The summed E-state index contributed by atoms with van der Waals surface area (Å²) in [7, 11) is 0. The minimum absolute atomic E-state index is 0.0870. The van der Waals surface area contributed by atoms with Gasteiger partial charge in [0, 0.05) is 6.42 Å². The molecule has 94 valence electrons. The van der Waals surface area contributed by atoms with Gasteiger partial charge in [-0.05, 0) is 43.0 Å². The van der Waals surface area contributed by atoms with Crippen LogP contribution in [0.4, 0.5) is 4.39 Å². The molecule has 0 saturated carbocycles. The second kappa shape index (κ2) is 6.89. The number of benzene rings is 1. The van der Waals surface area contributed by atoms with E-state index in [-0.39, 0.29) is 12.2 Å². The molecule has 1 N–H and O–H groups in total. The number of hydrogen-bond donors (Lipinski definition) is 1. The van der Waals surface area contributed by atoms with Gasteiger partial charge in [0.15, 0.2) is 0 Å². The summed E-state index contributed by atoms with van der Waals surface area (Å²) in [5, 5.41) is 8.55. The van der Waals surface area contributed by atoms with E-state index in [9.17, 15) is 9.18 Å². The fraction of sp³-hybridized carbons (Fsp3) is 0.462. The Morgan fingerprint density at radius 3 is 2.88 bits per heavy atom. The van der Waals surface area contributed by atoms with Crippen molar-refractivity contribution in [3.05, 3.63) is 29.6 Å². The van der Waals surface area contributed by atoms with E-state index in [1.54, 1.807) is 6.07 Å². The van der Waals surface area contributed by atoms with Crippen LogP contribution in [0.1, 0.15) is 31.7 Å². The molecular formula is C13H17FO3. The SMILES string of the molecule is CCCOc1ccc(F)cc1CCCC(=O)O. The van der Waals surface area contributed by atoms with E-state index in [4.69, 9.17) is 9.84 Å². The van der Waals surface area contributed by atoms with Crippen molar-refractivity contribution in [2.75, 3.05) is 6.61 Å². The highest BCUT2D eigenvalue weighted by molar-refractivity contribution is 5.66. The lowest BCUT2D eigenvalue weighted by atomic mass is 10.1. The summed E-state index contributed by atoms with van der Waals surface area (Å²) in [6.07, 6.45) is 1.97. The molecule has 0 radical (unpaired) electrons. The van der Waals surface area contributed by atoms with Gasteiger partial charge >= 0.3 is 5.97 Å². The molecule has 0 fully saturated rings. The van der Waals surface area contributed by atoms with Gasteiger partial charge in [0.05, 0.1) is 6.61 Å². The van der Waals surface area contributed by atoms with Gasteiger partial charge in [-0.15, -0.1) is 0 Å². The molecule has 3 nitrogen and oxygen atoms in total. The number of rotatable bonds is 7. The monoisotopic (exact) mass is 240 g/mol. The molecule has 0 aliphatic heterocycles. The van der Waals surface area contributed by atoms with E-state index in [0.717, 1.165) is 12.0 Å². The van der Waals surface area contributed by atoms with Crippen molar-refractivity contribution in [2.45, 2.75) is 32.6 Å². The van der Waals surface area contributed by atoms with Crippen LogP contribution in [-0.4, -0.2) is 17.7 Å². The highest BCUT2D eigenvalue weighted by Gasteiger charge is 2.06. The van der Waals surface area contributed by atoms with Crippen molar-refractivity contribution in [2.24, 2.45) is 0 Å². The number of aliphatic carboxylic acids is 1. The second-order valence-electron chi connectivity index (χ2n) is 3.85. The van der Waals surface area contributed by atoms with Crippen LogP contribution in [-0.2, 0) is 11.2 Å². The minimum Gasteiger partial charge on any atom is -0.493 e. The fourth-order valence-corrected chi connectivity index (χ4v) is 1.53. The molecule has 0 saturated heterocycles. The Morgan fingerprint density at radius 2 is 2.24 bits per heavy atom. The summed E-state index contributed by atoms with van der Waals surface area (Å²) >= 11 is 0. The molecule has 1 aromatic carbocycles. The van der Waals surface area contributed by atoms with E-state index >= 15 is 0 Å². The highest BCUT2D eigenvalue weighted by atomic mass is 19.1. The lowest BCUT2D eigenvalue weighted by molar-refractivity contribution is -0.137. The summed E-state index contributed by atoms with van der Waals surface area (Å²) < 4.78 is 18.6. The van der Waals surface area contributed by atoms with Gasteiger partial charge in [-0.1, -0.05) is 6.92 Å². The van der Waals surface area contributed by atoms with Crippen molar-refractivity contribution in [3.8, 4) is 5.75 Å². The number of carbonyl (C=O) groups is 1. The summed E-state index contributed by atoms with van der Waals surface area (Å²) in [4.78, 5) is 10.4. The molecule has 0 bridgehead atoms. The van der Waals surface area contributed by atoms with Crippen molar-refractivity contribution in [1.29, 1.82) is 0 Å². The molecule has 4 heteroatoms. The van der Waals surface area contributed by atoms with Crippen LogP contribution in [0, 0.1) is 5.82 Å². The average Bonchev–Trinajstić information content (AvgIpc) is 2.27. The molecule has 17 heavy (non-hydrogen) atoms. The van der Waals surface area contributed by atoms with Gasteiger partial charge < -0.3 is 9.84 Å². The first-order chi connectivity index (χ1) is 8.13. The van der Waals surface area contributed by atoms with E-state index in [1.807, 2.05) is 6.92 Å². The number of aryl methyl sites for hydroxylation is 1. The van der Waals surface area contributed by atoms with Crippen LogP contribution < -0.4 is 4.74 Å². The molecule has 0 aliphatic carbocycles. The van der Waals surface area contributed by atoms with Gasteiger partial charge in [-0.3, -0.25) is 4.79 Å². The molecule has 0 aliphatic rings. The summed E-state index contributed by atoms with van der Waals surface area (Å²) in [5.41, 5.74) is 0.736. The second-order valence-corrected chi connectivity index (χ2v) is 3.85. The zero-order chi connectivity index (χ0) is 12.7. The Labute approximate surface area is 100 Å². The van der Waals surface area contributed by atoms with Gasteiger partial charge in [0.2, 0.25) is 0 Å². The molecule has 1 rings (SSSR count). The van der Waals surface area contributed by atoms with Gasteiger partial charge in [-0.25, -0.2) is 4.39 Å². The third kappa shape index (κ3) is 4.85. The Morgan fingerprint density at radius 1 is 1.47 bits per heavy atom.